The van der Waals surface area contributed by atoms with Gasteiger partial charge in [-0.25, -0.2) is 0 Å². The van der Waals surface area contributed by atoms with Crippen LogP contribution in [-0.2, 0) is 13.6 Å². The van der Waals surface area contributed by atoms with Crippen LogP contribution in [-0.4, -0.2) is 25.5 Å². The Morgan fingerprint density at radius 3 is 2.60 bits per heavy atom. The molecular weight excluding hydrogens is 338 g/mol. The molecule has 0 aliphatic rings. The van der Waals surface area contributed by atoms with Gasteiger partial charge in [0.1, 0.15) is 5.69 Å². The summed E-state index contributed by atoms with van der Waals surface area (Å²) in [7, 11) is 1.75. The second-order valence-corrected chi connectivity index (χ2v) is 6.52. The molecule has 0 atom stereocenters. The molecule has 25 heavy (non-hydrogen) atoms. The molecular formula is C18H20ClN5O. The van der Waals surface area contributed by atoms with E-state index >= 15 is 0 Å². The summed E-state index contributed by atoms with van der Waals surface area (Å²) in [5, 5.41) is 12.4. The van der Waals surface area contributed by atoms with Crippen molar-refractivity contribution >= 4 is 23.2 Å². The highest BCUT2D eigenvalue weighted by Gasteiger charge is 2.18. The van der Waals surface area contributed by atoms with E-state index in [4.69, 9.17) is 11.6 Å². The van der Waals surface area contributed by atoms with Crippen LogP contribution in [0.2, 0.25) is 5.02 Å². The van der Waals surface area contributed by atoms with Crippen molar-refractivity contribution < 1.29 is 4.79 Å². The number of aryl methyl sites for hydroxylation is 3. The van der Waals surface area contributed by atoms with Gasteiger partial charge in [-0.1, -0.05) is 23.7 Å². The van der Waals surface area contributed by atoms with Crippen LogP contribution in [0.4, 0.5) is 5.69 Å². The predicted octanol–water partition coefficient (Wildman–Crippen LogP) is 3.50. The summed E-state index contributed by atoms with van der Waals surface area (Å²) in [4.78, 5) is 12.5. The summed E-state index contributed by atoms with van der Waals surface area (Å²) in [6, 6.07) is 9.43. The molecule has 0 aliphatic carbocycles. The van der Waals surface area contributed by atoms with Crippen LogP contribution in [0.1, 0.15) is 33.1 Å². The first-order chi connectivity index (χ1) is 11.8. The number of anilines is 1. The smallest absolute Gasteiger partial charge is 0.274 e. The van der Waals surface area contributed by atoms with Gasteiger partial charge in [-0.05, 0) is 44.5 Å². The Morgan fingerprint density at radius 1 is 1.20 bits per heavy atom. The first kappa shape index (κ1) is 17.2. The molecule has 0 fully saturated rings. The number of nitrogens with zero attached hydrogens (tertiary/aromatic N) is 4. The molecule has 130 valence electrons. The SMILES string of the molecule is Cc1cc(C(=O)Nc2c(C)nn(Cc3cccc(Cl)c3)c2C)n(C)n1. The average molecular weight is 358 g/mol. The minimum atomic E-state index is -0.198. The van der Waals surface area contributed by atoms with Crippen molar-refractivity contribution in [3.05, 3.63) is 63.7 Å². The third-order valence-electron chi connectivity index (χ3n) is 4.08. The molecule has 2 aromatic heterocycles. The standard InChI is InChI=1S/C18H20ClN5O/c1-11-8-16(23(4)21-11)18(25)20-17-12(2)22-24(13(17)3)10-14-6-5-7-15(19)9-14/h5-9H,10H2,1-4H3,(H,20,25). The summed E-state index contributed by atoms with van der Waals surface area (Å²) in [6.45, 7) is 6.27. The maximum Gasteiger partial charge on any atom is 0.274 e. The summed E-state index contributed by atoms with van der Waals surface area (Å²) in [6.07, 6.45) is 0. The van der Waals surface area contributed by atoms with Crippen molar-refractivity contribution in [3.8, 4) is 0 Å². The zero-order chi connectivity index (χ0) is 18.1. The molecule has 3 aromatic rings. The average Bonchev–Trinajstić information content (AvgIpc) is 3.01. The Labute approximate surface area is 151 Å². The van der Waals surface area contributed by atoms with Crippen LogP contribution < -0.4 is 5.32 Å². The second-order valence-electron chi connectivity index (χ2n) is 6.08. The topological polar surface area (TPSA) is 64.7 Å². The van der Waals surface area contributed by atoms with Crippen LogP contribution in [0.25, 0.3) is 0 Å². The minimum absolute atomic E-state index is 0.198. The molecule has 0 bridgehead atoms. The van der Waals surface area contributed by atoms with Crippen molar-refractivity contribution in [2.24, 2.45) is 7.05 Å². The van der Waals surface area contributed by atoms with Gasteiger partial charge in [0, 0.05) is 12.1 Å². The number of amides is 1. The van der Waals surface area contributed by atoms with Gasteiger partial charge in [0.15, 0.2) is 0 Å². The van der Waals surface area contributed by atoms with Crippen LogP contribution in [0, 0.1) is 20.8 Å². The van der Waals surface area contributed by atoms with Crippen LogP contribution >= 0.6 is 11.6 Å². The highest BCUT2D eigenvalue weighted by atomic mass is 35.5. The van der Waals surface area contributed by atoms with E-state index in [0.717, 1.165) is 28.3 Å². The van der Waals surface area contributed by atoms with E-state index < -0.39 is 0 Å². The van der Waals surface area contributed by atoms with Gasteiger partial charge in [-0.15, -0.1) is 0 Å². The van der Waals surface area contributed by atoms with Crippen molar-refractivity contribution in [2.75, 3.05) is 5.32 Å². The van der Waals surface area contributed by atoms with Crippen molar-refractivity contribution in [2.45, 2.75) is 27.3 Å². The number of carbonyl (C=O) groups excluding carboxylic acids is 1. The van der Waals surface area contributed by atoms with Gasteiger partial charge in [0.25, 0.3) is 5.91 Å². The van der Waals surface area contributed by atoms with E-state index in [2.05, 4.69) is 15.5 Å². The lowest BCUT2D eigenvalue weighted by Gasteiger charge is -2.08. The summed E-state index contributed by atoms with van der Waals surface area (Å²) in [5.74, 6) is -0.198. The Hall–Kier alpha value is -2.60. The molecule has 0 radical (unpaired) electrons. The molecule has 0 spiro atoms. The Morgan fingerprint density at radius 2 is 1.96 bits per heavy atom. The fourth-order valence-corrected chi connectivity index (χ4v) is 3.05. The number of hydrogen-bond acceptors (Lipinski definition) is 3. The number of halogens is 1. The largest absolute Gasteiger partial charge is 0.317 e. The summed E-state index contributed by atoms with van der Waals surface area (Å²) < 4.78 is 3.44. The van der Waals surface area contributed by atoms with Gasteiger partial charge in [0.05, 0.1) is 29.3 Å². The van der Waals surface area contributed by atoms with E-state index in [9.17, 15) is 4.79 Å². The number of hydrogen-bond donors (Lipinski definition) is 1. The normalized spacial score (nSPS) is 10.9. The maximum atomic E-state index is 12.5. The monoisotopic (exact) mass is 357 g/mol. The van der Waals surface area contributed by atoms with E-state index in [0.29, 0.717) is 17.3 Å². The van der Waals surface area contributed by atoms with E-state index in [1.54, 1.807) is 17.8 Å². The van der Waals surface area contributed by atoms with Gasteiger partial charge in [-0.3, -0.25) is 14.2 Å². The lowest BCUT2D eigenvalue weighted by Crippen LogP contribution is -2.17. The van der Waals surface area contributed by atoms with E-state index in [1.165, 1.54) is 0 Å². The van der Waals surface area contributed by atoms with Gasteiger partial charge in [0.2, 0.25) is 0 Å². The quantitative estimate of drug-likeness (QED) is 0.777. The van der Waals surface area contributed by atoms with Crippen molar-refractivity contribution in [1.29, 1.82) is 0 Å². The lowest BCUT2D eigenvalue weighted by atomic mass is 10.2. The molecule has 1 N–H and O–H groups in total. The van der Waals surface area contributed by atoms with Gasteiger partial charge < -0.3 is 5.32 Å². The molecule has 0 saturated heterocycles. The maximum absolute atomic E-state index is 12.5. The first-order valence-corrected chi connectivity index (χ1v) is 8.33. The van der Waals surface area contributed by atoms with Gasteiger partial charge >= 0.3 is 0 Å². The van der Waals surface area contributed by atoms with E-state index in [-0.39, 0.29) is 5.91 Å². The third-order valence-corrected chi connectivity index (χ3v) is 4.31. The highest BCUT2D eigenvalue weighted by Crippen LogP contribution is 2.22. The van der Waals surface area contributed by atoms with Crippen LogP contribution in [0.3, 0.4) is 0 Å². The molecule has 0 aliphatic heterocycles. The minimum Gasteiger partial charge on any atom is -0.317 e. The molecule has 7 heteroatoms. The summed E-state index contributed by atoms with van der Waals surface area (Å²) >= 11 is 6.05. The highest BCUT2D eigenvalue weighted by molar-refractivity contribution is 6.30. The van der Waals surface area contributed by atoms with Crippen molar-refractivity contribution in [3.63, 3.8) is 0 Å². The molecule has 0 saturated carbocycles. The summed E-state index contributed by atoms with van der Waals surface area (Å²) in [5.41, 5.74) is 4.76. The third kappa shape index (κ3) is 3.58. The molecule has 1 aromatic carbocycles. The fourth-order valence-electron chi connectivity index (χ4n) is 2.84. The first-order valence-electron chi connectivity index (χ1n) is 7.95. The Kier molecular flexibility index (Phi) is 4.63. The van der Waals surface area contributed by atoms with Crippen LogP contribution in [0.5, 0.6) is 0 Å². The number of rotatable bonds is 4. The molecule has 6 nitrogen and oxygen atoms in total. The predicted molar refractivity (Wildman–Crippen MR) is 98.2 cm³/mol. The molecule has 2 heterocycles. The second kappa shape index (κ2) is 6.72. The van der Waals surface area contributed by atoms with Gasteiger partial charge in [-0.2, -0.15) is 10.2 Å². The zero-order valence-electron chi connectivity index (χ0n) is 14.7. The van der Waals surface area contributed by atoms with Crippen LogP contribution in [0.15, 0.2) is 30.3 Å². The number of aromatic nitrogens is 4. The van der Waals surface area contributed by atoms with E-state index in [1.807, 2.05) is 49.7 Å². The lowest BCUT2D eigenvalue weighted by molar-refractivity contribution is 0.101. The number of carbonyl (C=O) groups is 1. The Bertz CT molecular complexity index is 941. The molecule has 1 amide bonds. The number of nitrogens with one attached hydrogen (secondary N) is 1. The Balaban J connectivity index is 1.84. The number of benzene rings is 1. The molecule has 0 unspecified atom stereocenters. The fraction of sp³-hybridized carbons (Fsp3) is 0.278. The molecule has 3 rings (SSSR count). The van der Waals surface area contributed by atoms with Crippen molar-refractivity contribution in [1.82, 2.24) is 19.6 Å². The zero-order valence-corrected chi connectivity index (χ0v) is 15.4.